The molecule has 0 aliphatic rings. The van der Waals surface area contributed by atoms with Crippen molar-refractivity contribution in [3.8, 4) is 0 Å². The van der Waals surface area contributed by atoms with Crippen LogP contribution in [-0.2, 0) is 5.54 Å². The van der Waals surface area contributed by atoms with E-state index in [0.29, 0.717) is 10.7 Å². The van der Waals surface area contributed by atoms with Gasteiger partial charge in [-0.3, -0.25) is 4.79 Å². The predicted molar refractivity (Wildman–Crippen MR) is 82.4 cm³/mol. The highest BCUT2D eigenvalue weighted by atomic mass is 35.5. The summed E-state index contributed by atoms with van der Waals surface area (Å²) in [6.45, 7) is 3.59. The molecule has 0 unspecified atom stereocenters. The van der Waals surface area contributed by atoms with Crippen molar-refractivity contribution in [1.82, 2.24) is 5.32 Å². The molecule has 6 heteroatoms. The quantitative estimate of drug-likeness (QED) is 0.843. The Hall–Kier alpha value is -1.46. The van der Waals surface area contributed by atoms with Crippen LogP contribution in [-0.4, -0.2) is 12.2 Å². The largest absolute Gasteiger partial charge is 0.445 e. The number of hydrogen-bond acceptors (Lipinski definition) is 3. The molecular weight excluding hydrogens is 313 g/mol. The second-order valence-electron chi connectivity index (χ2n) is 5.03. The highest BCUT2D eigenvalue weighted by Crippen LogP contribution is 2.29. The molecule has 0 spiro atoms. The van der Waals surface area contributed by atoms with E-state index in [4.69, 9.17) is 16.0 Å². The minimum absolute atomic E-state index is 0.227. The highest BCUT2D eigenvalue weighted by Gasteiger charge is 2.27. The topological polar surface area (TPSA) is 42.2 Å². The van der Waals surface area contributed by atoms with Crippen molar-refractivity contribution >= 4 is 29.3 Å². The number of thioether (sulfide) groups is 1. The van der Waals surface area contributed by atoms with Gasteiger partial charge in [-0.15, -0.1) is 0 Å². The van der Waals surface area contributed by atoms with Crippen LogP contribution in [0.5, 0.6) is 0 Å². The lowest BCUT2D eigenvalue weighted by Crippen LogP contribution is -2.41. The maximum Gasteiger partial charge on any atom is 0.287 e. The fraction of sp³-hybridized carbons (Fsp3) is 0.267. The number of nitrogens with one attached hydrogen (secondary N) is 1. The van der Waals surface area contributed by atoms with Crippen LogP contribution < -0.4 is 5.32 Å². The van der Waals surface area contributed by atoms with Gasteiger partial charge in [0.25, 0.3) is 5.91 Å². The minimum atomic E-state index is -0.756. The molecule has 0 aliphatic carbocycles. The summed E-state index contributed by atoms with van der Waals surface area (Å²) in [6, 6.07) is 7.45. The molecule has 0 aliphatic heterocycles. The average molecular weight is 328 g/mol. The van der Waals surface area contributed by atoms with Gasteiger partial charge in [-0.2, -0.15) is 0 Å². The van der Waals surface area contributed by atoms with Gasteiger partial charge >= 0.3 is 0 Å². The van der Waals surface area contributed by atoms with Crippen LogP contribution in [0, 0.1) is 5.82 Å². The highest BCUT2D eigenvalue weighted by molar-refractivity contribution is 7.98. The predicted octanol–water partition coefficient (Wildman–Crippen LogP) is 4.46. The molecule has 0 atom stereocenters. The first kappa shape index (κ1) is 15.9. The summed E-state index contributed by atoms with van der Waals surface area (Å²) in [4.78, 5) is 12.2. The van der Waals surface area contributed by atoms with Crippen LogP contribution in [0.4, 0.5) is 4.39 Å². The maximum atomic E-state index is 13.1. The molecule has 1 aromatic heterocycles. The van der Waals surface area contributed by atoms with Crippen LogP contribution in [0.25, 0.3) is 0 Å². The lowest BCUT2D eigenvalue weighted by atomic mass is 9.94. The molecule has 0 bridgehead atoms. The molecule has 0 fully saturated rings. The number of halogens is 2. The Balaban J connectivity index is 2.21. The van der Waals surface area contributed by atoms with Gasteiger partial charge in [0.15, 0.2) is 10.9 Å². The van der Waals surface area contributed by atoms with E-state index in [2.05, 4.69) is 5.32 Å². The van der Waals surface area contributed by atoms with Gasteiger partial charge in [-0.05, 0) is 49.9 Å². The summed E-state index contributed by atoms with van der Waals surface area (Å²) < 4.78 is 18.5. The summed E-state index contributed by atoms with van der Waals surface area (Å²) in [7, 11) is 0. The van der Waals surface area contributed by atoms with E-state index >= 15 is 0 Å². The molecular formula is C15H15ClFNO2S. The van der Waals surface area contributed by atoms with E-state index in [9.17, 15) is 9.18 Å². The summed E-state index contributed by atoms with van der Waals surface area (Å²) in [5.41, 5.74) is -0.121. The lowest BCUT2D eigenvalue weighted by Gasteiger charge is -2.27. The first-order chi connectivity index (χ1) is 9.83. The molecule has 21 heavy (non-hydrogen) atoms. The zero-order valence-corrected chi connectivity index (χ0v) is 13.4. The summed E-state index contributed by atoms with van der Waals surface area (Å²) in [6.07, 6.45) is 1.86. The fourth-order valence-corrected chi connectivity index (χ4v) is 2.74. The Labute approximate surface area is 131 Å². The van der Waals surface area contributed by atoms with Crippen molar-refractivity contribution in [2.24, 2.45) is 0 Å². The summed E-state index contributed by atoms with van der Waals surface area (Å²) >= 11 is 7.47. The van der Waals surface area contributed by atoms with Crippen LogP contribution in [0.3, 0.4) is 0 Å². The molecule has 1 N–H and O–H groups in total. The first-order valence-electron chi connectivity index (χ1n) is 6.25. The Morgan fingerprint density at radius 2 is 2.05 bits per heavy atom. The molecule has 0 saturated heterocycles. The number of hydrogen-bond donors (Lipinski definition) is 1. The number of furan rings is 1. The molecule has 1 heterocycles. The number of rotatable bonds is 4. The Morgan fingerprint density at radius 1 is 1.33 bits per heavy atom. The van der Waals surface area contributed by atoms with Crippen LogP contribution in [0.1, 0.15) is 30.0 Å². The van der Waals surface area contributed by atoms with Gasteiger partial charge in [0, 0.05) is 5.02 Å². The summed E-state index contributed by atoms with van der Waals surface area (Å²) in [5, 5.41) is 3.77. The molecule has 2 rings (SSSR count). The molecule has 3 nitrogen and oxygen atoms in total. The summed E-state index contributed by atoms with van der Waals surface area (Å²) in [5.74, 6) is -0.534. The van der Waals surface area contributed by atoms with Crippen molar-refractivity contribution in [2.45, 2.75) is 24.5 Å². The minimum Gasteiger partial charge on any atom is -0.445 e. The Bertz CT molecular complexity index is 669. The van der Waals surface area contributed by atoms with Gasteiger partial charge in [0.05, 0.1) is 5.54 Å². The van der Waals surface area contributed by atoms with E-state index in [1.165, 1.54) is 23.9 Å². The zero-order valence-electron chi connectivity index (χ0n) is 11.9. The van der Waals surface area contributed by atoms with E-state index in [1.807, 2.05) is 6.26 Å². The maximum absolute atomic E-state index is 13.1. The van der Waals surface area contributed by atoms with Crippen molar-refractivity contribution < 1.29 is 13.6 Å². The van der Waals surface area contributed by atoms with E-state index in [0.717, 1.165) is 0 Å². The van der Waals surface area contributed by atoms with Gasteiger partial charge in [0.2, 0.25) is 0 Å². The second kappa shape index (κ2) is 6.12. The third-order valence-corrected chi connectivity index (χ3v) is 3.97. The molecule has 2 aromatic rings. The smallest absolute Gasteiger partial charge is 0.287 e. The number of benzene rings is 1. The normalized spacial score (nSPS) is 11.5. The van der Waals surface area contributed by atoms with E-state index in [1.54, 1.807) is 32.0 Å². The fourth-order valence-electron chi connectivity index (χ4n) is 1.96. The van der Waals surface area contributed by atoms with Crippen molar-refractivity contribution in [3.05, 3.63) is 52.5 Å². The second-order valence-corrected chi connectivity index (χ2v) is 6.24. The molecule has 112 valence electrons. The third-order valence-electron chi connectivity index (χ3n) is 3.04. The van der Waals surface area contributed by atoms with E-state index in [-0.39, 0.29) is 16.7 Å². The van der Waals surface area contributed by atoms with Crippen molar-refractivity contribution in [1.29, 1.82) is 0 Å². The monoisotopic (exact) mass is 327 g/mol. The number of carbonyl (C=O) groups excluding carboxylic acids is 1. The standard InChI is InChI=1S/C15H15ClFNO2S/c1-15(2,10-5-4-9(17)8-11(10)16)18-14(19)12-6-7-13(20-12)21-3/h4-8H,1-3H3,(H,18,19). The number of carbonyl (C=O) groups is 1. The third kappa shape index (κ3) is 3.60. The Kier molecular flexibility index (Phi) is 4.64. The lowest BCUT2D eigenvalue weighted by molar-refractivity contribution is 0.0878. The molecule has 0 radical (unpaired) electrons. The van der Waals surface area contributed by atoms with Crippen LogP contribution >= 0.6 is 23.4 Å². The van der Waals surface area contributed by atoms with Crippen molar-refractivity contribution in [3.63, 3.8) is 0 Å². The zero-order chi connectivity index (χ0) is 15.6. The Morgan fingerprint density at radius 3 is 2.62 bits per heavy atom. The van der Waals surface area contributed by atoms with Gasteiger partial charge in [-0.25, -0.2) is 4.39 Å². The first-order valence-corrected chi connectivity index (χ1v) is 7.85. The van der Waals surface area contributed by atoms with Crippen LogP contribution in [0.2, 0.25) is 5.02 Å². The van der Waals surface area contributed by atoms with Gasteiger partial charge in [-0.1, -0.05) is 29.4 Å². The number of amides is 1. The van der Waals surface area contributed by atoms with E-state index < -0.39 is 11.4 Å². The van der Waals surface area contributed by atoms with Gasteiger partial charge < -0.3 is 9.73 Å². The average Bonchev–Trinajstić information content (AvgIpc) is 2.86. The van der Waals surface area contributed by atoms with Crippen molar-refractivity contribution in [2.75, 3.05) is 6.26 Å². The SMILES string of the molecule is CSc1ccc(C(=O)NC(C)(C)c2ccc(F)cc2Cl)o1. The van der Waals surface area contributed by atoms with Crippen LogP contribution in [0.15, 0.2) is 39.8 Å². The molecule has 1 amide bonds. The molecule has 1 aromatic carbocycles. The van der Waals surface area contributed by atoms with Gasteiger partial charge in [0.1, 0.15) is 5.82 Å². The molecule has 0 saturated carbocycles.